The third kappa shape index (κ3) is 4.16. The molecule has 1 heterocycles. The Bertz CT molecular complexity index is 760. The molecule has 1 amide bonds. The lowest BCUT2D eigenvalue weighted by Gasteiger charge is -2.07. The van der Waals surface area contributed by atoms with Gasteiger partial charge < -0.3 is 19.5 Å². The number of rotatable bonds is 5. The molecule has 0 aromatic heterocycles. The van der Waals surface area contributed by atoms with Crippen LogP contribution in [0.1, 0.15) is 15.9 Å². The SMILES string of the molecule is O=C(COC(=O)c1ccc(I)cc1)NCc1ccc2c(c1)OCO2. The van der Waals surface area contributed by atoms with Gasteiger partial charge in [0.1, 0.15) is 0 Å². The summed E-state index contributed by atoms with van der Waals surface area (Å²) in [4.78, 5) is 23.6. The highest BCUT2D eigenvalue weighted by Crippen LogP contribution is 2.32. The topological polar surface area (TPSA) is 73.9 Å². The van der Waals surface area contributed by atoms with Gasteiger partial charge in [-0.05, 0) is 64.6 Å². The first-order valence-corrected chi connectivity index (χ1v) is 8.27. The monoisotopic (exact) mass is 439 g/mol. The number of hydrogen-bond donors (Lipinski definition) is 1. The molecule has 0 unspecified atom stereocenters. The van der Waals surface area contributed by atoms with Crippen molar-refractivity contribution in [1.82, 2.24) is 5.32 Å². The zero-order chi connectivity index (χ0) is 16.9. The summed E-state index contributed by atoms with van der Waals surface area (Å²) < 4.78 is 16.5. The van der Waals surface area contributed by atoms with E-state index >= 15 is 0 Å². The summed E-state index contributed by atoms with van der Waals surface area (Å²) in [6.07, 6.45) is 0. The molecule has 1 aliphatic rings. The van der Waals surface area contributed by atoms with Gasteiger partial charge in [0.15, 0.2) is 18.1 Å². The predicted molar refractivity (Wildman–Crippen MR) is 93.9 cm³/mol. The largest absolute Gasteiger partial charge is 0.454 e. The fraction of sp³-hybridized carbons (Fsp3) is 0.176. The van der Waals surface area contributed by atoms with E-state index in [2.05, 4.69) is 27.9 Å². The van der Waals surface area contributed by atoms with E-state index in [4.69, 9.17) is 14.2 Å². The average Bonchev–Trinajstić information content (AvgIpc) is 3.06. The minimum atomic E-state index is -0.523. The van der Waals surface area contributed by atoms with Gasteiger partial charge in [-0.2, -0.15) is 0 Å². The molecule has 2 aromatic carbocycles. The van der Waals surface area contributed by atoms with Gasteiger partial charge in [0.25, 0.3) is 5.91 Å². The molecule has 0 saturated carbocycles. The second-order valence-corrected chi connectivity index (χ2v) is 6.29. The molecule has 0 saturated heterocycles. The molecule has 3 rings (SSSR count). The van der Waals surface area contributed by atoms with E-state index in [1.807, 2.05) is 6.07 Å². The normalized spacial score (nSPS) is 11.9. The molecule has 0 aliphatic carbocycles. The number of hydrogen-bond acceptors (Lipinski definition) is 5. The van der Waals surface area contributed by atoms with Crippen LogP contribution >= 0.6 is 22.6 Å². The van der Waals surface area contributed by atoms with E-state index in [0.717, 1.165) is 9.13 Å². The molecule has 0 fully saturated rings. The number of carbonyl (C=O) groups excluding carboxylic acids is 2. The second kappa shape index (κ2) is 7.52. The van der Waals surface area contributed by atoms with E-state index in [9.17, 15) is 9.59 Å². The maximum Gasteiger partial charge on any atom is 0.338 e. The van der Waals surface area contributed by atoms with Gasteiger partial charge >= 0.3 is 5.97 Å². The predicted octanol–water partition coefficient (Wildman–Crippen LogP) is 2.49. The third-order valence-electron chi connectivity index (χ3n) is 3.34. The van der Waals surface area contributed by atoms with Gasteiger partial charge in [-0.3, -0.25) is 4.79 Å². The fourth-order valence-electron chi connectivity index (χ4n) is 2.10. The van der Waals surface area contributed by atoms with Crippen LogP contribution in [0.25, 0.3) is 0 Å². The van der Waals surface area contributed by atoms with Crippen LogP contribution < -0.4 is 14.8 Å². The molecule has 0 radical (unpaired) electrons. The van der Waals surface area contributed by atoms with Crippen molar-refractivity contribution in [3.8, 4) is 11.5 Å². The van der Waals surface area contributed by atoms with Gasteiger partial charge in [0, 0.05) is 10.1 Å². The minimum Gasteiger partial charge on any atom is -0.454 e. The van der Waals surface area contributed by atoms with Crippen LogP contribution in [0, 0.1) is 3.57 Å². The Kier molecular flexibility index (Phi) is 5.19. The highest BCUT2D eigenvalue weighted by molar-refractivity contribution is 14.1. The Morgan fingerprint density at radius 1 is 1.08 bits per heavy atom. The lowest BCUT2D eigenvalue weighted by molar-refractivity contribution is -0.124. The van der Waals surface area contributed by atoms with Gasteiger partial charge in [-0.1, -0.05) is 6.07 Å². The maximum atomic E-state index is 11.8. The Balaban J connectivity index is 1.46. The lowest BCUT2D eigenvalue weighted by Crippen LogP contribution is -2.28. The van der Waals surface area contributed by atoms with Crippen LogP contribution in [0.15, 0.2) is 42.5 Å². The number of amides is 1. The number of nitrogens with one attached hydrogen (secondary N) is 1. The van der Waals surface area contributed by atoms with Crippen molar-refractivity contribution in [3.63, 3.8) is 0 Å². The quantitative estimate of drug-likeness (QED) is 0.573. The molecule has 1 N–H and O–H groups in total. The van der Waals surface area contributed by atoms with Crippen molar-refractivity contribution in [3.05, 3.63) is 57.2 Å². The molecule has 0 spiro atoms. The minimum absolute atomic E-state index is 0.208. The van der Waals surface area contributed by atoms with Crippen molar-refractivity contribution in [2.75, 3.05) is 13.4 Å². The van der Waals surface area contributed by atoms with Crippen molar-refractivity contribution >= 4 is 34.5 Å². The molecule has 2 aromatic rings. The number of benzene rings is 2. The van der Waals surface area contributed by atoms with Crippen molar-refractivity contribution in [1.29, 1.82) is 0 Å². The Labute approximate surface area is 152 Å². The molecule has 0 bridgehead atoms. The Hall–Kier alpha value is -2.29. The van der Waals surface area contributed by atoms with Crippen LogP contribution in [0.3, 0.4) is 0 Å². The molecule has 1 aliphatic heterocycles. The van der Waals surface area contributed by atoms with Crippen molar-refractivity contribution < 1.29 is 23.8 Å². The van der Waals surface area contributed by atoms with Crippen LogP contribution in [0.4, 0.5) is 0 Å². The fourth-order valence-corrected chi connectivity index (χ4v) is 2.46. The summed E-state index contributed by atoms with van der Waals surface area (Å²) in [5.41, 5.74) is 1.29. The van der Waals surface area contributed by atoms with Crippen LogP contribution in [-0.2, 0) is 16.1 Å². The summed E-state index contributed by atoms with van der Waals surface area (Å²) >= 11 is 2.15. The Morgan fingerprint density at radius 2 is 1.83 bits per heavy atom. The third-order valence-corrected chi connectivity index (χ3v) is 4.06. The molecule has 124 valence electrons. The van der Waals surface area contributed by atoms with Crippen LogP contribution in [-0.4, -0.2) is 25.3 Å². The zero-order valence-electron chi connectivity index (χ0n) is 12.6. The summed E-state index contributed by atoms with van der Waals surface area (Å²) in [7, 11) is 0. The summed E-state index contributed by atoms with van der Waals surface area (Å²) in [6.45, 7) is 0.200. The number of esters is 1. The van der Waals surface area contributed by atoms with Crippen molar-refractivity contribution in [2.24, 2.45) is 0 Å². The lowest BCUT2D eigenvalue weighted by atomic mass is 10.2. The first kappa shape index (κ1) is 16.6. The molecular weight excluding hydrogens is 425 g/mol. The number of fused-ring (bicyclic) bond motifs is 1. The van der Waals surface area contributed by atoms with Crippen molar-refractivity contribution in [2.45, 2.75) is 6.54 Å². The maximum absolute atomic E-state index is 11.8. The molecular formula is C17H14INO5. The molecule has 24 heavy (non-hydrogen) atoms. The second-order valence-electron chi connectivity index (χ2n) is 5.05. The van der Waals surface area contributed by atoms with E-state index in [1.54, 1.807) is 36.4 Å². The summed E-state index contributed by atoms with van der Waals surface area (Å²) in [5, 5.41) is 2.69. The van der Waals surface area contributed by atoms with Gasteiger partial charge in [-0.25, -0.2) is 4.79 Å². The highest BCUT2D eigenvalue weighted by atomic mass is 127. The summed E-state index contributed by atoms with van der Waals surface area (Å²) in [5.74, 6) is 0.458. The highest BCUT2D eigenvalue weighted by Gasteiger charge is 2.14. The van der Waals surface area contributed by atoms with Gasteiger partial charge in [0.2, 0.25) is 6.79 Å². The Morgan fingerprint density at radius 3 is 2.62 bits per heavy atom. The van der Waals surface area contributed by atoms with E-state index < -0.39 is 5.97 Å². The standard InChI is InChI=1S/C17H14INO5/c18-13-4-2-12(3-5-13)17(21)22-9-16(20)19-8-11-1-6-14-15(7-11)24-10-23-14/h1-7H,8-10H2,(H,19,20). The molecule has 6 nitrogen and oxygen atoms in total. The first-order valence-electron chi connectivity index (χ1n) is 7.20. The van der Waals surface area contributed by atoms with Crippen LogP contribution in [0.2, 0.25) is 0 Å². The first-order chi connectivity index (χ1) is 11.6. The van der Waals surface area contributed by atoms with E-state index in [1.165, 1.54) is 0 Å². The molecule has 7 heteroatoms. The average molecular weight is 439 g/mol. The summed E-state index contributed by atoms with van der Waals surface area (Å²) in [6, 6.07) is 12.4. The number of ether oxygens (including phenoxy) is 3. The van der Waals surface area contributed by atoms with E-state index in [-0.39, 0.29) is 19.3 Å². The zero-order valence-corrected chi connectivity index (χ0v) is 14.7. The van der Waals surface area contributed by atoms with Crippen LogP contribution in [0.5, 0.6) is 11.5 Å². The molecule has 0 atom stereocenters. The number of halogens is 1. The van der Waals surface area contributed by atoms with E-state index in [0.29, 0.717) is 23.6 Å². The smallest absolute Gasteiger partial charge is 0.338 e. The van der Waals surface area contributed by atoms with Gasteiger partial charge in [-0.15, -0.1) is 0 Å². The van der Waals surface area contributed by atoms with Gasteiger partial charge in [0.05, 0.1) is 5.56 Å². The number of carbonyl (C=O) groups is 2.